The minimum absolute atomic E-state index is 0.206. The molecule has 0 amide bonds. The number of hydrogen-bond acceptors (Lipinski definition) is 6. The molecule has 7 nitrogen and oxygen atoms in total. The minimum Gasteiger partial charge on any atom is -0.497 e. The van der Waals surface area contributed by atoms with E-state index in [1.165, 1.54) is 0 Å². The van der Waals surface area contributed by atoms with Gasteiger partial charge in [0.15, 0.2) is 5.75 Å². The van der Waals surface area contributed by atoms with Gasteiger partial charge >= 0.3 is 0 Å². The first-order valence-electron chi connectivity index (χ1n) is 6.77. The number of nitrogens with two attached hydrogens (primary N) is 1. The Labute approximate surface area is 127 Å². The lowest BCUT2D eigenvalue weighted by Gasteiger charge is -2.10. The zero-order chi connectivity index (χ0) is 15.5. The molecule has 0 atom stereocenters. The maximum atomic E-state index is 5.68. The zero-order valence-electron chi connectivity index (χ0n) is 12.4. The number of methoxy groups -OCH3 is 2. The van der Waals surface area contributed by atoms with Crippen molar-refractivity contribution in [2.75, 3.05) is 25.3 Å². The monoisotopic (exact) mass is 299 g/mol. The highest BCUT2D eigenvalue weighted by molar-refractivity contribution is 5.61. The number of nitrogens with zero attached hydrogens (tertiary/aromatic N) is 3. The van der Waals surface area contributed by atoms with Crippen LogP contribution < -0.4 is 20.5 Å². The summed E-state index contributed by atoms with van der Waals surface area (Å²) in [6, 6.07) is 11.6. The van der Waals surface area contributed by atoms with E-state index in [2.05, 4.69) is 15.4 Å². The van der Waals surface area contributed by atoms with E-state index in [1.807, 2.05) is 36.4 Å². The predicted molar refractivity (Wildman–Crippen MR) is 84.3 cm³/mol. The first-order valence-corrected chi connectivity index (χ1v) is 6.77. The Hall–Kier alpha value is -2.96. The molecular formula is C15H17N5O2. The summed E-state index contributed by atoms with van der Waals surface area (Å²) in [6.45, 7) is 0.644. The topological polar surface area (TPSA) is 86.7 Å². The normalized spacial score (nSPS) is 10.6. The van der Waals surface area contributed by atoms with Gasteiger partial charge in [-0.1, -0.05) is 12.1 Å². The van der Waals surface area contributed by atoms with E-state index in [0.717, 1.165) is 17.1 Å². The Morgan fingerprint density at radius 1 is 1.09 bits per heavy atom. The van der Waals surface area contributed by atoms with Crippen molar-refractivity contribution in [3.63, 3.8) is 0 Å². The number of anilines is 2. The Morgan fingerprint density at radius 3 is 2.55 bits per heavy atom. The SMILES string of the molecule is COc1ccc(CNc2ccc(OC)c3nc(N)nn23)cc1. The van der Waals surface area contributed by atoms with E-state index in [1.54, 1.807) is 18.7 Å². The van der Waals surface area contributed by atoms with Crippen LogP contribution in [0.25, 0.3) is 5.65 Å². The van der Waals surface area contributed by atoms with E-state index in [9.17, 15) is 0 Å². The summed E-state index contributed by atoms with van der Waals surface area (Å²) in [6.07, 6.45) is 0. The second-order valence-electron chi connectivity index (χ2n) is 4.69. The largest absolute Gasteiger partial charge is 0.497 e. The molecule has 114 valence electrons. The number of nitrogen functional groups attached to an aromatic ring is 1. The molecule has 0 unspecified atom stereocenters. The Kier molecular flexibility index (Phi) is 3.69. The molecule has 1 aromatic carbocycles. The molecule has 2 heterocycles. The molecule has 0 aliphatic carbocycles. The number of benzene rings is 1. The molecule has 3 aromatic rings. The van der Waals surface area contributed by atoms with E-state index < -0.39 is 0 Å². The van der Waals surface area contributed by atoms with E-state index >= 15 is 0 Å². The molecule has 0 saturated carbocycles. The standard InChI is InChI=1S/C15H17N5O2/c1-21-11-5-3-10(4-6-11)9-17-13-8-7-12(22-2)14-18-15(16)19-20(13)14/h3-8,17H,9H2,1-2H3,(H2,16,19). The van der Waals surface area contributed by atoms with Gasteiger partial charge in [0.05, 0.1) is 14.2 Å². The van der Waals surface area contributed by atoms with Gasteiger partial charge in [-0.05, 0) is 29.8 Å². The van der Waals surface area contributed by atoms with E-state index in [-0.39, 0.29) is 5.95 Å². The fourth-order valence-electron chi connectivity index (χ4n) is 2.18. The maximum Gasteiger partial charge on any atom is 0.240 e. The van der Waals surface area contributed by atoms with E-state index in [0.29, 0.717) is 17.9 Å². The Morgan fingerprint density at radius 2 is 1.86 bits per heavy atom. The average molecular weight is 299 g/mol. The lowest BCUT2D eigenvalue weighted by molar-refractivity contribution is 0.414. The number of rotatable bonds is 5. The van der Waals surface area contributed by atoms with Gasteiger partial charge in [-0.3, -0.25) is 0 Å². The lowest BCUT2D eigenvalue weighted by Crippen LogP contribution is -2.06. The van der Waals surface area contributed by atoms with Crippen molar-refractivity contribution in [3.8, 4) is 11.5 Å². The second kappa shape index (κ2) is 5.80. The molecule has 0 radical (unpaired) electrons. The molecule has 3 N–H and O–H groups in total. The van der Waals surface area contributed by atoms with Gasteiger partial charge < -0.3 is 20.5 Å². The highest BCUT2D eigenvalue weighted by Gasteiger charge is 2.10. The number of ether oxygens (including phenoxy) is 2. The summed E-state index contributed by atoms with van der Waals surface area (Å²) in [4.78, 5) is 4.17. The second-order valence-corrected chi connectivity index (χ2v) is 4.69. The first kappa shape index (κ1) is 14.0. The van der Waals surface area contributed by atoms with Crippen LogP contribution in [0.4, 0.5) is 11.8 Å². The van der Waals surface area contributed by atoms with Gasteiger partial charge in [-0.25, -0.2) is 0 Å². The van der Waals surface area contributed by atoms with Crippen molar-refractivity contribution in [2.45, 2.75) is 6.54 Å². The third kappa shape index (κ3) is 2.60. The molecule has 0 saturated heterocycles. The third-order valence-electron chi connectivity index (χ3n) is 3.32. The quantitative estimate of drug-likeness (QED) is 0.748. The summed E-state index contributed by atoms with van der Waals surface area (Å²) >= 11 is 0. The highest BCUT2D eigenvalue weighted by atomic mass is 16.5. The van der Waals surface area contributed by atoms with Crippen LogP contribution in [0.5, 0.6) is 11.5 Å². The van der Waals surface area contributed by atoms with Crippen molar-refractivity contribution in [2.24, 2.45) is 0 Å². The average Bonchev–Trinajstić information content (AvgIpc) is 2.94. The predicted octanol–water partition coefficient (Wildman–Crippen LogP) is 1.94. The Balaban J connectivity index is 1.84. The number of aromatic nitrogens is 3. The molecule has 0 fully saturated rings. The van der Waals surface area contributed by atoms with Crippen LogP contribution in [0, 0.1) is 0 Å². The number of hydrogen-bond donors (Lipinski definition) is 2. The van der Waals surface area contributed by atoms with Crippen LogP contribution in [0.15, 0.2) is 36.4 Å². The summed E-state index contributed by atoms with van der Waals surface area (Å²) in [5, 5.41) is 7.50. The molecule has 2 aromatic heterocycles. The van der Waals surface area contributed by atoms with Gasteiger partial charge in [-0.15, -0.1) is 5.10 Å². The van der Waals surface area contributed by atoms with Crippen molar-refractivity contribution in [1.82, 2.24) is 14.6 Å². The molecule has 3 rings (SSSR count). The molecule has 0 aliphatic heterocycles. The Bertz CT molecular complexity index is 782. The number of fused-ring (bicyclic) bond motifs is 1. The van der Waals surface area contributed by atoms with Crippen molar-refractivity contribution < 1.29 is 9.47 Å². The lowest BCUT2D eigenvalue weighted by atomic mass is 10.2. The first-order chi connectivity index (χ1) is 10.7. The molecule has 22 heavy (non-hydrogen) atoms. The summed E-state index contributed by atoms with van der Waals surface area (Å²) in [5.41, 5.74) is 7.39. The third-order valence-corrected chi connectivity index (χ3v) is 3.32. The van der Waals surface area contributed by atoms with Crippen molar-refractivity contribution in [1.29, 1.82) is 0 Å². The fourth-order valence-corrected chi connectivity index (χ4v) is 2.18. The van der Waals surface area contributed by atoms with E-state index in [4.69, 9.17) is 15.2 Å². The van der Waals surface area contributed by atoms with Gasteiger partial charge in [0.2, 0.25) is 11.6 Å². The van der Waals surface area contributed by atoms with Gasteiger partial charge in [0.25, 0.3) is 0 Å². The molecule has 0 bridgehead atoms. The summed E-state index contributed by atoms with van der Waals surface area (Å²) in [7, 11) is 3.24. The molecule has 7 heteroatoms. The smallest absolute Gasteiger partial charge is 0.240 e. The zero-order valence-corrected chi connectivity index (χ0v) is 12.4. The summed E-state index contributed by atoms with van der Waals surface area (Å²) in [5.74, 6) is 2.45. The van der Waals surface area contributed by atoms with Crippen LogP contribution in [-0.4, -0.2) is 28.8 Å². The van der Waals surface area contributed by atoms with Gasteiger partial charge in [0, 0.05) is 6.54 Å². The minimum atomic E-state index is 0.206. The molecule has 0 spiro atoms. The van der Waals surface area contributed by atoms with Crippen LogP contribution in [0.2, 0.25) is 0 Å². The fraction of sp³-hybridized carbons (Fsp3) is 0.200. The van der Waals surface area contributed by atoms with Gasteiger partial charge in [0.1, 0.15) is 11.6 Å². The molecule has 0 aliphatic rings. The number of nitrogens with one attached hydrogen (secondary N) is 1. The van der Waals surface area contributed by atoms with Gasteiger partial charge in [-0.2, -0.15) is 9.50 Å². The molecular weight excluding hydrogens is 282 g/mol. The van der Waals surface area contributed by atoms with Crippen molar-refractivity contribution >= 4 is 17.4 Å². The number of pyridine rings is 1. The van der Waals surface area contributed by atoms with Crippen molar-refractivity contribution in [3.05, 3.63) is 42.0 Å². The highest BCUT2D eigenvalue weighted by Crippen LogP contribution is 2.23. The van der Waals surface area contributed by atoms with Crippen LogP contribution in [0.1, 0.15) is 5.56 Å². The summed E-state index contributed by atoms with van der Waals surface area (Å²) < 4.78 is 12.0. The van der Waals surface area contributed by atoms with Crippen LogP contribution in [0.3, 0.4) is 0 Å². The maximum absolute atomic E-state index is 5.68. The van der Waals surface area contributed by atoms with Crippen LogP contribution in [-0.2, 0) is 6.54 Å². The van der Waals surface area contributed by atoms with Crippen LogP contribution >= 0.6 is 0 Å².